The summed E-state index contributed by atoms with van der Waals surface area (Å²) in [5.74, 6) is 0. The number of hydrogen-bond acceptors (Lipinski definition) is 0. The smallest absolute Gasteiger partial charge is 0.0351 e. The summed E-state index contributed by atoms with van der Waals surface area (Å²) in [7, 11) is 0. The lowest BCUT2D eigenvalue weighted by Gasteiger charge is -1.97. The highest BCUT2D eigenvalue weighted by molar-refractivity contribution is 4.80. The molecule has 83 valence electrons. The molecule has 0 spiro atoms. The van der Waals surface area contributed by atoms with Crippen LogP contribution in [-0.4, -0.2) is 0 Å². The molecule has 0 bridgehead atoms. The van der Waals surface area contributed by atoms with Gasteiger partial charge in [-0.3, -0.25) is 0 Å². The van der Waals surface area contributed by atoms with Crippen molar-refractivity contribution < 1.29 is 0 Å². The molecule has 0 fully saturated rings. The van der Waals surface area contributed by atoms with Crippen LogP contribution in [0.3, 0.4) is 0 Å². The van der Waals surface area contributed by atoms with Crippen LogP contribution in [0.2, 0.25) is 0 Å². The van der Waals surface area contributed by atoms with Crippen molar-refractivity contribution >= 4 is 0 Å². The van der Waals surface area contributed by atoms with E-state index in [-0.39, 0.29) is 0 Å². The molecule has 0 rings (SSSR count). The zero-order valence-corrected chi connectivity index (χ0v) is 9.93. The second kappa shape index (κ2) is 12.7. The Bertz CT molecular complexity index is 113. The van der Waals surface area contributed by atoms with Crippen molar-refractivity contribution in [3.05, 3.63) is 19.1 Å². The molecule has 0 aromatic heterocycles. The van der Waals surface area contributed by atoms with Crippen LogP contribution >= 0.6 is 0 Å². The molecule has 14 heavy (non-hydrogen) atoms. The SMILES string of the molecule is [CH2]CCCCCCC/C=C/CCCC. The molecule has 0 amide bonds. The van der Waals surface area contributed by atoms with E-state index in [2.05, 4.69) is 26.0 Å². The summed E-state index contributed by atoms with van der Waals surface area (Å²) in [5, 5.41) is 0. The molecule has 0 N–H and O–H groups in total. The highest BCUT2D eigenvalue weighted by Gasteiger charge is 1.87. The first-order chi connectivity index (χ1) is 6.91. The van der Waals surface area contributed by atoms with Crippen molar-refractivity contribution in [3.8, 4) is 0 Å². The topological polar surface area (TPSA) is 0 Å². The van der Waals surface area contributed by atoms with Gasteiger partial charge >= 0.3 is 0 Å². The van der Waals surface area contributed by atoms with Gasteiger partial charge in [0.2, 0.25) is 0 Å². The summed E-state index contributed by atoms with van der Waals surface area (Å²) in [5.41, 5.74) is 0. The van der Waals surface area contributed by atoms with E-state index in [4.69, 9.17) is 0 Å². The Morgan fingerprint density at radius 3 is 2.00 bits per heavy atom. The minimum atomic E-state index is 1.11. The number of hydrogen-bond donors (Lipinski definition) is 0. The average Bonchev–Trinajstić information content (AvgIpc) is 2.21. The fourth-order valence-electron chi connectivity index (χ4n) is 1.53. The van der Waals surface area contributed by atoms with Crippen LogP contribution in [0.25, 0.3) is 0 Å². The first kappa shape index (κ1) is 13.7. The Balaban J connectivity index is 2.94. The van der Waals surface area contributed by atoms with Gasteiger partial charge in [-0.05, 0) is 19.3 Å². The summed E-state index contributed by atoms with van der Waals surface area (Å²) in [6.07, 6.45) is 17.9. The van der Waals surface area contributed by atoms with Crippen molar-refractivity contribution in [1.29, 1.82) is 0 Å². The van der Waals surface area contributed by atoms with E-state index in [1.807, 2.05) is 0 Å². The largest absolute Gasteiger partial charge is 0.0885 e. The van der Waals surface area contributed by atoms with E-state index in [1.54, 1.807) is 0 Å². The number of allylic oxidation sites excluding steroid dienone is 2. The second-order valence-electron chi connectivity index (χ2n) is 4.02. The third-order valence-corrected chi connectivity index (χ3v) is 2.51. The van der Waals surface area contributed by atoms with Gasteiger partial charge < -0.3 is 0 Å². The number of unbranched alkanes of at least 4 members (excludes halogenated alkanes) is 8. The van der Waals surface area contributed by atoms with Gasteiger partial charge in [-0.15, -0.1) is 0 Å². The Hall–Kier alpha value is -0.260. The van der Waals surface area contributed by atoms with Crippen LogP contribution in [0.5, 0.6) is 0 Å². The molecule has 0 nitrogen and oxygen atoms in total. The van der Waals surface area contributed by atoms with E-state index in [0.29, 0.717) is 0 Å². The lowest BCUT2D eigenvalue weighted by molar-refractivity contribution is 0.621. The molecule has 0 aliphatic carbocycles. The average molecular weight is 195 g/mol. The third kappa shape index (κ3) is 11.7. The summed E-state index contributed by atoms with van der Waals surface area (Å²) in [6, 6.07) is 0. The molecular weight excluding hydrogens is 168 g/mol. The number of rotatable bonds is 10. The molecule has 0 aliphatic heterocycles. The van der Waals surface area contributed by atoms with E-state index in [1.165, 1.54) is 57.8 Å². The maximum Gasteiger partial charge on any atom is -0.0351 e. The van der Waals surface area contributed by atoms with Gasteiger partial charge in [0.05, 0.1) is 0 Å². The summed E-state index contributed by atoms with van der Waals surface area (Å²) in [4.78, 5) is 0. The zero-order chi connectivity index (χ0) is 10.5. The van der Waals surface area contributed by atoms with Gasteiger partial charge in [-0.2, -0.15) is 0 Å². The maximum atomic E-state index is 3.85. The van der Waals surface area contributed by atoms with Gasteiger partial charge in [0.1, 0.15) is 0 Å². The van der Waals surface area contributed by atoms with Crippen LogP contribution in [0.15, 0.2) is 12.2 Å². The third-order valence-electron chi connectivity index (χ3n) is 2.51. The van der Waals surface area contributed by atoms with E-state index in [9.17, 15) is 0 Å². The summed E-state index contributed by atoms with van der Waals surface area (Å²) >= 11 is 0. The lowest BCUT2D eigenvalue weighted by atomic mass is 10.1. The molecule has 0 heterocycles. The molecule has 0 saturated heterocycles. The predicted molar refractivity (Wildman–Crippen MR) is 66.3 cm³/mol. The van der Waals surface area contributed by atoms with Crippen LogP contribution in [0.1, 0.15) is 71.1 Å². The molecule has 0 unspecified atom stereocenters. The minimum absolute atomic E-state index is 1.11. The lowest BCUT2D eigenvalue weighted by Crippen LogP contribution is -1.77. The normalized spacial score (nSPS) is 11.3. The highest BCUT2D eigenvalue weighted by atomic mass is 13.9. The second-order valence-corrected chi connectivity index (χ2v) is 4.02. The Morgan fingerprint density at radius 2 is 1.36 bits per heavy atom. The van der Waals surface area contributed by atoms with Crippen LogP contribution in [0.4, 0.5) is 0 Å². The summed E-state index contributed by atoms with van der Waals surface area (Å²) < 4.78 is 0. The molecule has 0 aromatic rings. The highest BCUT2D eigenvalue weighted by Crippen LogP contribution is 2.07. The molecule has 0 aromatic carbocycles. The monoisotopic (exact) mass is 195 g/mol. The first-order valence-corrected chi connectivity index (χ1v) is 6.36. The van der Waals surface area contributed by atoms with Crippen molar-refractivity contribution in [2.45, 2.75) is 71.1 Å². The summed E-state index contributed by atoms with van der Waals surface area (Å²) in [6.45, 7) is 6.10. The fourth-order valence-corrected chi connectivity index (χ4v) is 1.53. The Morgan fingerprint density at radius 1 is 0.786 bits per heavy atom. The van der Waals surface area contributed by atoms with Gasteiger partial charge in [0, 0.05) is 0 Å². The standard InChI is InChI=1S/C14H27/c1-3-5-7-9-11-13-14-12-10-8-6-4-2/h10,12H,1,3-9,11,13-14H2,2H3/b12-10+. The van der Waals surface area contributed by atoms with E-state index in [0.717, 1.165) is 6.42 Å². The van der Waals surface area contributed by atoms with E-state index >= 15 is 0 Å². The van der Waals surface area contributed by atoms with Crippen molar-refractivity contribution in [1.82, 2.24) is 0 Å². The van der Waals surface area contributed by atoms with E-state index < -0.39 is 0 Å². The maximum absolute atomic E-state index is 3.85. The van der Waals surface area contributed by atoms with Gasteiger partial charge in [-0.1, -0.05) is 70.9 Å². The molecule has 0 heteroatoms. The fraction of sp³-hybridized carbons (Fsp3) is 0.786. The quantitative estimate of drug-likeness (QED) is 0.328. The van der Waals surface area contributed by atoms with Gasteiger partial charge in [-0.25, -0.2) is 0 Å². The Kier molecular flexibility index (Phi) is 12.5. The molecule has 1 radical (unpaired) electrons. The van der Waals surface area contributed by atoms with Crippen LogP contribution < -0.4 is 0 Å². The zero-order valence-electron chi connectivity index (χ0n) is 9.93. The predicted octanol–water partition coefficient (Wildman–Crippen LogP) is 5.30. The first-order valence-electron chi connectivity index (χ1n) is 6.36. The van der Waals surface area contributed by atoms with Crippen molar-refractivity contribution in [2.24, 2.45) is 0 Å². The van der Waals surface area contributed by atoms with Crippen molar-refractivity contribution in [2.75, 3.05) is 0 Å². The van der Waals surface area contributed by atoms with Gasteiger partial charge in [0.15, 0.2) is 0 Å². The molecule has 0 aliphatic rings. The minimum Gasteiger partial charge on any atom is -0.0885 e. The molecule has 0 saturated carbocycles. The van der Waals surface area contributed by atoms with Crippen LogP contribution in [0, 0.1) is 6.92 Å². The van der Waals surface area contributed by atoms with Crippen LogP contribution in [-0.2, 0) is 0 Å². The van der Waals surface area contributed by atoms with Gasteiger partial charge in [0.25, 0.3) is 0 Å². The van der Waals surface area contributed by atoms with Crippen molar-refractivity contribution in [3.63, 3.8) is 0 Å². The Labute approximate surface area is 90.8 Å². The molecule has 0 atom stereocenters. The molecular formula is C14H27.